The molecule has 0 N–H and O–H groups in total. The van der Waals surface area contributed by atoms with Crippen molar-refractivity contribution in [3.63, 3.8) is 0 Å². The molecular weight excluding hydrogens is 534 g/mol. The Morgan fingerprint density at radius 2 is 1.49 bits per heavy atom. The Morgan fingerprint density at radius 1 is 0.854 bits per heavy atom. The van der Waals surface area contributed by atoms with Crippen LogP contribution in [-0.4, -0.2) is 55.1 Å². The summed E-state index contributed by atoms with van der Waals surface area (Å²) in [5, 5.41) is 1.01. The third kappa shape index (κ3) is 5.93. The van der Waals surface area contributed by atoms with E-state index in [0.29, 0.717) is 11.5 Å². The van der Waals surface area contributed by atoms with Gasteiger partial charge in [0.2, 0.25) is 15.9 Å². The maximum atomic E-state index is 13.6. The maximum Gasteiger partial charge on any atom is 0.267 e. The zero-order valence-corrected chi connectivity index (χ0v) is 24.7. The van der Waals surface area contributed by atoms with Gasteiger partial charge in [-0.05, 0) is 47.6 Å². The molecule has 8 heteroatoms. The minimum Gasteiger partial charge on any atom is -0.347 e. The average Bonchev–Trinajstić information content (AvgIpc) is 3.30. The van der Waals surface area contributed by atoms with Crippen molar-refractivity contribution >= 4 is 32.7 Å². The summed E-state index contributed by atoms with van der Waals surface area (Å²) >= 11 is 0. The number of nitrogens with zero attached hydrogens (tertiary/aromatic N) is 3. The van der Waals surface area contributed by atoms with Crippen molar-refractivity contribution in [2.24, 2.45) is 0 Å². The van der Waals surface area contributed by atoms with Crippen LogP contribution in [0, 0.1) is 0 Å². The van der Waals surface area contributed by atoms with Gasteiger partial charge in [-0.1, -0.05) is 86.0 Å². The molecule has 0 radical (unpaired) electrons. The Balaban J connectivity index is 1.64. The summed E-state index contributed by atoms with van der Waals surface area (Å²) in [6, 6.07) is 24.3. The van der Waals surface area contributed by atoms with E-state index in [-0.39, 0.29) is 23.8 Å². The van der Waals surface area contributed by atoms with Gasteiger partial charge in [0.25, 0.3) is 5.91 Å². The molecule has 214 valence electrons. The van der Waals surface area contributed by atoms with Crippen molar-refractivity contribution in [3.8, 4) is 11.3 Å². The van der Waals surface area contributed by atoms with Gasteiger partial charge in [0.15, 0.2) is 0 Å². The predicted molar refractivity (Wildman–Crippen MR) is 163 cm³/mol. The highest BCUT2D eigenvalue weighted by Gasteiger charge is 2.30. The SMILES string of the molecule is CN(C)C(=O)Cn1c(-c2ccccc2)c(C2CCCCC2)c2ccc(C(=O)N(C)S(=O)(=O)Cc3ccccc3)cc21. The first kappa shape index (κ1) is 28.6. The number of aromatic nitrogens is 1. The van der Waals surface area contributed by atoms with E-state index in [1.54, 1.807) is 55.4 Å². The second kappa shape index (κ2) is 11.9. The molecule has 7 nitrogen and oxygen atoms in total. The van der Waals surface area contributed by atoms with E-state index in [1.165, 1.54) is 19.0 Å². The van der Waals surface area contributed by atoms with Crippen LogP contribution < -0.4 is 0 Å². The Bertz CT molecular complexity index is 1660. The van der Waals surface area contributed by atoms with E-state index in [9.17, 15) is 18.0 Å². The summed E-state index contributed by atoms with van der Waals surface area (Å²) in [5.41, 5.74) is 4.87. The molecule has 1 aliphatic rings. The van der Waals surface area contributed by atoms with Gasteiger partial charge >= 0.3 is 0 Å². The number of hydrogen-bond donors (Lipinski definition) is 0. The zero-order chi connectivity index (χ0) is 29.1. The highest BCUT2D eigenvalue weighted by Crippen LogP contribution is 2.44. The normalized spacial score (nSPS) is 14.2. The van der Waals surface area contributed by atoms with Crippen LogP contribution in [0.15, 0.2) is 78.9 Å². The molecule has 1 aliphatic carbocycles. The van der Waals surface area contributed by atoms with Gasteiger partial charge in [0.1, 0.15) is 6.54 Å². The van der Waals surface area contributed by atoms with Crippen molar-refractivity contribution in [2.75, 3.05) is 21.1 Å². The summed E-state index contributed by atoms with van der Waals surface area (Å²) in [6.07, 6.45) is 5.67. The standard InChI is InChI=1S/C33H37N3O4S/c1-34(2)30(37)22-36-29-21-27(33(38)35(3)41(39,40)23-24-13-7-4-8-14-24)19-20-28(29)31(25-15-9-5-10-16-25)32(36)26-17-11-6-12-18-26/h4,6-8,11-14,17-21,25H,5,9-10,15-16,22-23H2,1-3H3. The average molecular weight is 572 g/mol. The van der Waals surface area contributed by atoms with E-state index in [4.69, 9.17) is 0 Å². The molecule has 3 aromatic carbocycles. The summed E-state index contributed by atoms with van der Waals surface area (Å²) < 4.78 is 29.2. The lowest BCUT2D eigenvalue weighted by Crippen LogP contribution is -2.34. The number of fused-ring (bicyclic) bond motifs is 1. The molecule has 2 amide bonds. The number of carbonyl (C=O) groups is 2. The van der Waals surface area contributed by atoms with Crippen LogP contribution in [0.25, 0.3) is 22.2 Å². The van der Waals surface area contributed by atoms with Gasteiger partial charge in [0, 0.05) is 32.1 Å². The smallest absolute Gasteiger partial charge is 0.267 e. The quantitative estimate of drug-likeness (QED) is 0.258. The second-order valence-corrected chi connectivity index (χ2v) is 13.1. The summed E-state index contributed by atoms with van der Waals surface area (Å²) in [5.74, 6) is -0.591. The van der Waals surface area contributed by atoms with Gasteiger partial charge in [-0.25, -0.2) is 12.7 Å². The lowest BCUT2D eigenvalue weighted by Gasteiger charge is -2.24. The van der Waals surface area contributed by atoms with Gasteiger partial charge < -0.3 is 9.47 Å². The fourth-order valence-corrected chi connectivity index (χ4v) is 7.02. The zero-order valence-electron chi connectivity index (χ0n) is 23.9. The molecule has 0 atom stereocenters. The Kier molecular flexibility index (Phi) is 8.31. The number of carbonyl (C=O) groups excluding carboxylic acids is 2. The van der Waals surface area contributed by atoms with Crippen LogP contribution in [0.3, 0.4) is 0 Å². The Labute approximate surface area is 242 Å². The molecule has 0 spiro atoms. The molecule has 0 saturated heterocycles. The fourth-order valence-electron chi connectivity index (χ4n) is 5.85. The molecule has 4 aromatic rings. The topological polar surface area (TPSA) is 79.7 Å². The van der Waals surface area contributed by atoms with Crippen molar-refractivity contribution in [2.45, 2.75) is 50.3 Å². The predicted octanol–water partition coefficient (Wildman–Crippen LogP) is 6.05. The Hall–Kier alpha value is -3.91. The summed E-state index contributed by atoms with van der Waals surface area (Å²) in [6.45, 7) is 0.111. The molecule has 1 fully saturated rings. The maximum absolute atomic E-state index is 13.6. The van der Waals surface area contributed by atoms with Crippen LogP contribution in [-0.2, 0) is 27.1 Å². The van der Waals surface area contributed by atoms with E-state index >= 15 is 0 Å². The van der Waals surface area contributed by atoms with Gasteiger partial charge in [-0.15, -0.1) is 0 Å². The third-order valence-electron chi connectivity index (χ3n) is 8.10. The minimum absolute atomic E-state index is 0.0615. The van der Waals surface area contributed by atoms with Crippen LogP contribution in [0.5, 0.6) is 0 Å². The molecule has 0 aliphatic heterocycles. The highest BCUT2D eigenvalue weighted by atomic mass is 32.2. The van der Waals surface area contributed by atoms with Crippen LogP contribution in [0.2, 0.25) is 0 Å². The molecule has 41 heavy (non-hydrogen) atoms. The highest BCUT2D eigenvalue weighted by molar-refractivity contribution is 7.88. The second-order valence-electron chi connectivity index (χ2n) is 11.1. The Morgan fingerprint density at radius 3 is 2.12 bits per heavy atom. The lowest BCUT2D eigenvalue weighted by atomic mass is 9.82. The van der Waals surface area contributed by atoms with Crippen molar-refractivity contribution in [1.29, 1.82) is 0 Å². The van der Waals surface area contributed by atoms with E-state index in [0.717, 1.165) is 52.1 Å². The van der Waals surface area contributed by atoms with Gasteiger partial charge in [-0.2, -0.15) is 0 Å². The van der Waals surface area contributed by atoms with Crippen molar-refractivity contribution in [3.05, 3.63) is 95.6 Å². The minimum atomic E-state index is -3.90. The first-order chi connectivity index (χ1) is 19.7. The summed E-state index contributed by atoms with van der Waals surface area (Å²) in [7, 11) is 0.878. The van der Waals surface area contributed by atoms with Crippen LogP contribution in [0.4, 0.5) is 0 Å². The lowest BCUT2D eigenvalue weighted by molar-refractivity contribution is -0.129. The van der Waals surface area contributed by atoms with E-state index in [1.807, 2.05) is 34.9 Å². The van der Waals surface area contributed by atoms with E-state index in [2.05, 4.69) is 12.1 Å². The number of hydrogen-bond acceptors (Lipinski definition) is 4. The number of amides is 2. The molecule has 1 saturated carbocycles. The number of benzene rings is 3. The number of sulfonamides is 1. The third-order valence-corrected chi connectivity index (χ3v) is 9.80. The van der Waals surface area contributed by atoms with Crippen molar-refractivity contribution < 1.29 is 18.0 Å². The molecular formula is C33H37N3O4S. The molecule has 5 rings (SSSR count). The summed E-state index contributed by atoms with van der Waals surface area (Å²) in [4.78, 5) is 28.3. The van der Waals surface area contributed by atoms with Crippen molar-refractivity contribution in [1.82, 2.24) is 13.8 Å². The number of rotatable bonds is 8. The van der Waals surface area contributed by atoms with Crippen LogP contribution >= 0.6 is 0 Å². The van der Waals surface area contributed by atoms with E-state index < -0.39 is 15.9 Å². The number of likely N-dealkylation sites (N-methyl/N-ethyl adjacent to an activating group) is 1. The van der Waals surface area contributed by atoms with Gasteiger partial charge in [-0.3, -0.25) is 9.59 Å². The molecule has 1 aromatic heterocycles. The first-order valence-electron chi connectivity index (χ1n) is 14.1. The largest absolute Gasteiger partial charge is 0.347 e. The molecule has 0 bridgehead atoms. The fraction of sp³-hybridized carbons (Fsp3) is 0.333. The molecule has 1 heterocycles. The van der Waals surface area contributed by atoms with Crippen LogP contribution in [0.1, 0.15) is 59.5 Å². The monoisotopic (exact) mass is 571 g/mol. The van der Waals surface area contributed by atoms with Gasteiger partial charge in [0.05, 0.1) is 17.0 Å². The first-order valence-corrected chi connectivity index (χ1v) is 15.7. The molecule has 0 unspecified atom stereocenters.